The van der Waals surface area contributed by atoms with E-state index >= 15 is 0 Å². The number of fused-ring (bicyclic) bond motifs is 2. The van der Waals surface area contributed by atoms with Crippen molar-refractivity contribution in [2.45, 2.75) is 0 Å². The fourth-order valence-electron chi connectivity index (χ4n) is 2.34. The van der Waals surface area contributed by atoms with Gasteiger partial charge < -0.3 is 19.0 Å². The highest BCUT2D eigenvalue weighted by molar-refractivity contribution is 7.39. The zero-order valence-corrected chi connectivity index (χ0v) is 13.7. The highest BCUT2D eigenvalue weighted by Crippen LogP contribution is 2.28. The van der Waals surface area contributed by atoms with E-state index in [0.717, 1.165) is 21.5 Å². The van der Waals surface area contributed by atoms with Crippen LogP contribution in [0.1, 0.15) is 10.4 Å². The molecule has 5 nitrogen and oxygen atoms in total. The lowest BCUT2D eigenvalue weighted by Crippen LogP contribution is -2.03. The minimum Gasteiger partial charge on any atom is -0.465 e. The van der Waals surface area contributed by atoms with Gasteiger partial charge in [0.1, 0.15) is 0 Å². The van der Waals surface area contributed by atoms with Crippen LogP contribution in [0.5, 0.6) is 0 Å². The van der Waals surface area contributed by atoms with Crippen LogP contribution in [0.25, 0.3) is 21.5 Å². The Morgan fingerprint density at radius 1 is 0.913 bits per heavy atom. The highest BCUT2D eigenvalue weighted by Gasteiger charge is 2.14. The van der Waals surface area contributed by atoms with Gasteiger partial charge in [0.25, 0.3) is 0 Å². The summed E-state index contributed by atoms with van der Waals surface area (Å²) in [5, 5.41) is 3.97. The first kappa shape index (κ1) is 17.3. The van der Waals surface area contributed by atoms with E-state index in [2.05, 4.69) is 10.6 Å². The van der Waals surface area contributed by atoms with E-state index in [0.29, 0.717) is 5.56 Å². The molecule has 2 N–H and O–H groups in total. The van der Waals surface area contributed by atoms with Crippen molar-refractivity contribution in [3.05, 3.63) is 60.2 Å². The minimum atomic E-state index is -2.10. The van der Waals surface area contributed by atoms with Crippen molar-refractivity contribution in [1.29, 1.82) is 0 Å². The minimum absolute atomic E-state index is 0.289. The van der Waals surface area contributed by atoms with Gasteiger partial charge in [0.2, 0.25) is 0 Å². The third-order valence-corrected chi connectivity index (χ3v) is 3.65. The van der Waals surface area contributed by atoms with Gasteiger partial charge >= 0.3 is 14.6 Å². The number of methoxy groups -OCH3 is 1. The number of ether oxygens (including phenoxy) is 1. The van der Waals surface area contributed by atoms with Crippen molar-refractivity contribution in [3.63, 3.8) is 0 Å². The molecule has 120 valence electrons. The first-order valence-electron chi connectivity index (χ1n) is 6.79. The zero-order chi connectivity index (χ0) is 16.8. The molecule has 0 spiro atoms. The second-order valence-electron chi connectivity index (χ2n) is 4.62. The standard InChI is InChI=1S/C16H12O2.CH5O3P/c1-18-16(17)15-13-8-4-2-6-11(13)10-12-7-3-5-9-14(12)15;1-4-5(2)3/h2-10H,1H3;2-3H,1H3. The van der Waals surface area contributed by atoms with E-state index in [4.69, 9.17) is 14.5 Å². The molecule has 0 saturated carbocycles. The molecule has 0 aliphatic carbocycles. The summed E-state index contributed by atoms with van der Waals surface area (Å²) < 4.78 is 8.84. The maximum Gasteiger partial charge on any atom is 0.339 e. The molecule has 0 aliphatic rings. The predicted octanol–water partition coefficient (Wildman–Crippen LogP) is 3.62. The van der Waals surface area contributed by atoms with Crippen molar-refractivity contribution in [2.24, 2.45) is 0 Å². The Morgan fingerprint density at radius 3 is 1.74 bits per heavy atom. The first-order valence-corrected chi connectivity index (χ1v) is 7.95. The molecule has 0 saturated heterocycles. The van der Waals surface area contributed by atoms with Gasteiger partial charge in [0.15, 0.2) is 0 Å². The number of benzene rings is 3. The van der Waals surface area contributed by atoms with Crippen LogP contribution < -0.4 is 0 Å². The van der Waals surface area contributed by atoms with Crippen molar-refractivity contribution in [2.75, 3.05) is 14.2 Å². The Hall–Kier alpha value is -2.04. The number of rotatable bonds is 2. The van der Waals surface area contributed by atoms with Gasteiger partial charge in [-0.1, -0.05) is 48.5 Å². The maximum atomic E-state index is 12.0. The third kappa shape index (κ3) is 4.03. The molecule has 3 aromatic rings. The topological polar surface area (TPSA) is 76.0 Å². The number of hydrogen-bond donors (Lipinski definition) is 2. The van der Waals surface area contributed by atoms with E-state index < -0.39 is 8.60 Å². The lowest BCUT2D eigenvalue weighted by Gasteiger charge is -2.09. The normalized spacial score (nSPS) is 10.5. The lowest BCUT2D eigenvalue weighted by atomic mass is 9.97. The van der Waals surface area contributed by atoms with Gasteiger partial charge in [0.05, 0.1) is 12.7 Å². The molecular weight excluding hydrogens is 315 g/mol. The quantitative estimate of drug-likeness (QED) is 0.426. The molecule has 0 radical (unpaired) electrons. The fraction of sp³-hybridized carbons (Fsp3) is 0.118. The van der Waals surface area contributed by atoms with Crippen molar-refractivity contribution < 1.29 is 23.8 Å². The Balaban J connectivity index is 0.000000338. The Bertz CT molecular complexity index is 762. The van der Waals surface area contributed by atoms with E-state index in [1.807, 2.05) is 48.5 Å². The summed E-state index contributed by atoms with van der Waals surface area (Å²) in [4.78, 5) is 27.5. The van der Waals surface area contributed by atoms with Gasteiger partial charge in [0, 0.05) is 7.11 Å². The lowest BCUT2D eigenvalue weighted by molar-refractivity contribution is 0.0605. The fourth-order valence-corrected chi connectivity index (χ4v) is 2.34. The molecule has 6 heteroatoms. The second kappa shape index (κ2) is 7.99. The predicted molar refractivity (Wildman–Crippen MR) is 91.2 cm³/mol. The number of carbonyl (C=O) groups excluding carboxylic acids is 1. The molecule has 0 aromatic heterocycles. The van der Waals surface area contributed by atoms with E-state index in [1.165, 1.54) is 14.2 Å². The molecule has 0 atom stereocenters. The van der Waals surface area contributed by atoms with Crippen LogP contribution in [0.3, 0.4) is 0 Å². The maximum absolute atomic E-state index is 12.0. The average molecular weight is 332 g/mol. The summed E-state index contributed by atoms with van der Waals surface area (Å²) in [5.74, 6) is -0.289. The number of esters is 1. The summed E-state index contributed by atoms with van der Waals surface area (Å²) in [7, 11) is 0.545. The smallest absolute Gasteiger partial charge is 0.339 e. The molecule has 23 heavy (non-hydrogen) atoms. The van der Waals surface area contributed by atoms with Crippen molar-refractivity contribution in [1.82, 2.24) is 0 Å². The highest BCUT2D eigenvalue weighted by atomic mass is 31.2. The van der Waals surface area contributed by atoms with Gasteiger partial charge in [-0.3, -0.25) is 0 Å². The van der Waals surface area contributed by atoms with Gasteiger partial charge in [-0.2, -0.15) is 0 Å². The van der Waals surface area contributed by atoms with Crippen molar-refractivity contribution >= 4 is 36.1 Å². The second-order valence-corrected chi connectivity index (χ2v) is 5.49. The van der Waals surface area contributed by atoms with Crippen LogP contribution in [0, 0.1) is 0 Å². The molecule has 0 aliphatic heterocycles. The Kier molecular flexibility index (Phi) is 6.02. The first-order chi connectivity index (χ1) is 11.1. The molecule has 0 heterocycles. The molecule has 0 unspecified atom stereocenters. The third-order valence-electron chi connectivity index (χ3n) is 3.32. The van der Waals surface area contributed by atoms with E-state index in [9.17, 15) is 4.79 Å². The summed E-state index contributed by atoms with van der Waals surface area (Å²) in [6.07, 6.45) is 0. The molecule has 0 fully saturated rings. The van der Waals surface area contributed by atoms with Crippen molar-refractivity contribution in [3.8, 4) is 0 Å². The molecule has 0 amide bonds. The van der Waals surface area contributed by atoms with Gasteiger partial charge in [-0.05, 0) is 27.6 Å². The van der Waals surface area contributed by atoms with E-state index in [-0.39, 0.29) is 5.97 Å². The summed E-state index contributed by atoms with van der Waals surface area (Å²) in [5.41, 5.74) is 0.645. The van der Waals surface area contributed by atoms with Crippen LogP contribution >= 0.6 is 8.60 Å². The summed E-state index contributed by atoms with van der Waals surface area (Å²) in [6.45, 7) is 0. The van der Waals surface area contributed by atoms with Crippen LogP contribution in [0.2, 0.25) is 0 Å². The van der Waals surface area contributed by atoms with Crippen LogP contribution in [0.4, 0.5) is 0 Å². The van der Waals surface area contributed by atoms with Crippen LogP contribution in [-0.4, -0.2) is 30.0 Å². The van der Waals surface area contributed by atoms with Gasteiger partial charge in [-0.15, -0.1) is 0 Å². The Morgan fingerprint density at radius 2 is 1.35 bits per heavy atom. The van der Waals surface area contributed by atoms with Gasteiger partial charge in [-0.25, -0.2) is 4.79 Å². The summed E-state index contributed by atoms with van der Waals surface area (Å²) >= 11 is 0. The van der Waals surface area contributed by atoms with Crippen LogP contribution in [-0.2, 0) is 9.26 Å². The summed E-state index contributed by atoms with van der Waals surface area (Å²) in [6, 6.07) is 17.8. The number of hydrogen-bond acceptors (Lipinski definition) is 5. The van der Waals surface area contributed by atoms with Crippen LogP contribution in [0.15, 0.2) is 54.6 Å². The zero-order valence-electron chi connectivity index (χ0n) is 12.8. The molecular formula is C17H17O5P. The molecule has 0 bridgehead atoms. The molecule has 3 rings (SSSR count). The molecule has 3 aromatic carbocycles. The van der Waals surface area contributed by atoms with E-state index in [1.54, 1.807) is 0 Å². The average Bonchev–Trinajstić information content (AvgIpc) is 2.59. The number of carbonyl (C=O) groups is 1. The SMILES string of the molecule is COC(=O)c1c2ccccc2cc2ccccc12.COP(O)O. The Labute approximate surface area is 135 Å². The largest absolute Gasteiger partial charge is 0.465 e. The monoisotopic (exact) mass is 332 g/mol.